The Morgan fingerprint density at radius 1 is 0.214 bits per heavy atom. The number of rotatable bonds is 22. The second-order valence-electron chi connectivity index (χ2n) is 37.4. The van der Waals surface area contributed by atoms with Gasteiger partial charge in [0.15, 0.2) is 0 Å². The lowest BCUT2D eigenvalue weighted by Gasteiger charge is -2.34. The van der Waals surface area contributed by atoms with Crippen LogP contribution in [0, 0.1) is 0 Å². The van der Waals surface area contributed by atoms with Crippen molar-refractivity contribution in [1.82, 2.24) is 19.1 Å². The van der Waals surface area contributed by atoms with Gasteiger partial charge < -0.3 is 28.1 Å². The first-order valence-electron chi connectivity index (χ1n) is 49.0. The third-order valence-corrected chi connectivity index (χ3v) is 30.9. The van der Waals surface area contributed by atoms with Crippen molar-refractivity contribution in [2.24, 2.45) is 0 Å². The summed E-state index contributed by atoms with van der Waals surface area (Å²) in [7, 11) is 0. The normalized spacial score (nSPS) is 12.6. The average molecular weight is 1870 g/mol. The highest BCUT2D eigenvalue weighted by Crippen LogP contribution is 2.64. The predicted molar refractivity (Wildman–Crippen MR) is 601 cm³/mol. The number of nitrogens with zero attached hydrogens (tertiary/aromatic N) is 4. The Hall–Kier alpha value is -18.8. The summed E-state index contributed by atoms with van der Waals surface area (Å²) < 4.78 is 31.6. The number of thiophene rings is 1. The summed E-state index contributed by atoms with van der Waals surface area (Å²) in [6.45, 7) is 16.1. The molecule has 0 N–H and O–H groups in total. The maximum Gasteiger partial charge on any atom is 0.127 e. The van der Waals surface area contributed by atoms with Crippen molar-refractivity contribution in [1.29, 1.82) is 0 Å². The first-order valence-corrected chi connectivity index (χ1v) is 49.8. The molecule has 4 heterocycles. The first kappa shape index (κ1) is 85.4. The lowest BCUT2D eigenvalue weighted by atomic mass is 9.67. The van der Waals surface area contributed by atoms with E-state index >= 15 is 0 Å². The highest BCUT2D eigenvalue weighted by atomic mass is 32.1. The molecule has 4 aromatic heterocycles. The van der Waals surface area contributed by atoms with Crippen LogP contribution in [0.2, 0.25) is 0 Å². The van der Waals surface area contributed by atoms with Crippen LogP contribution in [0.5, 0.6) is 46.0 Å². The van der Waals surface area contributed by atoms with Crippen molar-refractivity contribution in [2.75, 3.05) is 0 Å². The van der Waals surface area contributed by atoms with Gasteiger partial charge in [0, 0.05) is 54.8 Å². The van der Waals surface area contributed by atoms with Crippen molar-refractivity contribution < 1.29 is 18.9 Å². The molecule has 0 unspecified atom stereocenters. The number of ether oxygens (including phenoxy) is 4. The van der Waals surface area contributed by atoms with Crippen LogP contribution in [0.25, 0.3) is 188 Å². The maximum atomic E-state index is 6.70. The zero-order valence-corrected chi connectivity index (χ0v) is 79.7. The van der Waals surface area contributed by atoms with Crippen LogP contribution < -0.4 is 18.9 Å². The molecule has 0 bridgehead atoms. The first-order chi connectivity index (χ1) is 71.6. The molecule has 145 heavy (non-hydrogen) atoms. The van der Waals surface area contributed by atoms with E-state index in [1.165, 1.54) is 21.5 Å². The number of aromatic nitrogens is 4. The van der Waals surface area contributed by atoms with Gasteiger partial charge in [0.25, 0.3) is 0 Å². The van der Waals surface area contributed by atoms with Crippen molar-refractivity contribution in [2.45, 2.75) is 10.8 Å². The molecule has 0 fully saturated rings. The SMILES string of the molecule is C=Cc1ccc(Oc2ccc(C3(c4ccc(Oc5ccc(C=C)cc5)cc4)c4ccccc4-c4c(-c5sc(-c6cccc7c6-c6ccccc6C7(c6ccc(Oc7ccc(C=C)cc7)cc6)c6ccc(Oc7ccc(C=C)cc7)cc6)c6nc7c8ccc(-c9ccc(-n%10c%11ccccc%11c%11ccccc%11%10)cc9)cc8c8cc(-c9ccc(-n%10c%11ccccc%11c%11ccccc%11%10)cc9)ccc8c7nc56)cccc43)cc2)cc1. The molecule has 0 amide bonds. The summed E-state index contributed by atoms with van der Waals surface area (Å²) in [5.41, 5.74) is 31.7. The molecular weight excluding hydrogens is 1790 g/mol. The van der Waals surface area contributed by atoms with Gasteiger partial charge in [0.1, 0.15) is 57.0 Å². The molecule has 0 aliphatic heterocycles. The van der Waals surface area contributed by atoms with E-state index in [2.05, 4.69) is 399 Å². The standard InChI is InChI=1S/C136H88N4O4S/c1-5-85-39-65-99(66-40-85)141-103-73-53-93(54-74-103)135(94-55-75-104(76-56-94)142-100-67-41-86(6-2)42-68-100)119-31-15-9-27-113(119)127-115(29-21-33-121(127)135)133-131-132(134(145-133)116-30-22-34-122-128(116)114-28-10-16-32-120(114)136(122,95-57-77-105(78-58-95)143-101-69-43-87(7-3)44-70-101)96-59-79-106(80-60-96)144-102-71-45-88(8-4)46-72-102)138-130-112-82-52-92(90-49-63-98(64-50-90)140-125-37-19-13-25-109(125)110-26-14-20-38-126(110)140)84-118(112)117-83-91(51-81-111(117)129(130)137-131)89-47-61-97(62-48-89)139-123-35-17-11-23-107(123)108-24-12-18-36-124(108)139/h5-84H,1-4H2. The molecular formula is C136H88N4O4S. The fourth-order valence-electron chi connectivity index (χ4n) is 22.9. The van der Waals surface area contributed by atoms with Gasteiger partial charge in [-0.1, -0.05) is 354 Å². The minimum absolute atomic E-state index is 0.708. The Morgan fingerprint density at radius 2 is 0.469 bits per heavy atom. The largest absolute Gasteiger partial charge is 0.457 e. The van der Waals surface area contributed by atoms with Gasteiger partial charge in [-0.25, -0.2) is 9.97 Å². The molecule has 21 aromatic carbocycles. The predicted octanol–water partition coefficient (Wildman–Crippen LogP) is 36.5. The molecule has 8 nitrogen and oxygen atoms in total. The smallest absolute Gasteiger partial charge is 0.127 e. The van der Waals surface area contributed by atoms with Crippen molar-refractivity contribution in [3.63, 3.8) is 0 Å². The van der Waals surface area contributed by atoms with E-state index in [0.29, 0.717) is 23.0 Å². The van der Waals surface area contributed by atoms with E-state index in [-0.39, 0.29) is 0 Å². The van der Waals surface area contributed by atoms with E-state index in [1.54, 1.807) is 11.3 Å². The Labute approximate surface area is 842 Å². The second kappa shape index (κ2) is 34.6. The molecule has 0 atom stereocenters. The number of hydrogen-bond donors (Lipinski definition) is 0. The Balaban J connectivity index is 0.699. The zero-order valence-electron chi connectivity index (χ0n) is 78.8. The van der Waals surface area contributed by atoms with Crippen LogP contribution >= 0.6 is 11.3 Å². The van der Waals surface area contributed by atoms with Gasteiger partial charge in [0.2, 0.25) is 0 Å². The Bertz CT molecular complexity index is 8720. The van der Waals surface area contributed by atoms with Gasteiger partial charge in [-0.05, 0) is 280 Å². The van der Waals surface area contributed by atoms with E-state index in [9.17, 15) is 0 Å². The summed E-state index contributed by atoms with van der Waals surface area (Å²) in [6.07, 6.45) is 7.38. The monoisotopic (exact) mass is 1870 g/mol. The van der Waals surface area contributed by atoms with Crippen LogP contribution in [0.3, 0.4) is 0 Å². The van der Waals surface area contributed by atoms with E-state index in [1.807, 2.05) is 121 Å². The number of para-hydroxylation sites is 4. The van der Waals surface area contributed by atoms with Gasteiger partial charge in [0.05, 0.1) is 53.7 Å². The van der Waals surface area contributed by atoms with Crippen molar-refractivity contribution in [3.8, 4) is 123 Å². The summed E-state index contributed by atoms with van der Waals surface area (Å²) in [5, 5.41) is 8.96. The zero-order chi connectivity index (χ0) is 96.5. The highest BCUT2D eigenvalue weighted by Gasteiger charge is 2.50. The van der Waals surface area contributed by atoms with Crippen LogP contribution in [0.1, 0.15) is 66.8 Å². The molecule has 0 radical (unpaired) electrons. The van der Waals surface area contributed by atoms with E-state index in [4.69, 9.17) is 28.9 Å². The number of fused-ring (bicyclic) bond motifs is 19. The minimum atomic E-state index is -0.911. The molecule has 0 saturated heterocycles. The summed E-state index contributed by atoms with van der Waals surface area (Å²) in [6, 6.07) is 166. The van der Waals surface area contributed by atoms with Crippen LogP contribution in [0.15, 0.2) is 487 Å². The third kappa shape index (κ3) is 13.9. The summed E-state index contributed by atoms with van der Waals surface area (Å²) in [4.78, 5) is 14.8. The Kier molecular flexibility index (Phi) is 20.4. The molecule has 2 aliphatic rings. The minimum Gasteiger partial charge on any atom is -0.457 e. The van der Waals surface area contributed by atoms with Gasteiger partial charge in [-0.15, -0.1) is 11.3 Å². The van der Waals surface area contributed by atoms with Crippen molar-refractivity contribution >= 4 is 123 Å². The highest BCUT2D eigenvalue weighted by molar-refractivity contribution is 7.21. The molecule has 0 spiro atoms. The van der Waals surface area contributed by atoms with Gasteiger partial charge in [-0.2, -0.15) is 0 Å². The fourth-order valence-corrected chi connectivity index (χ4v) is 24.2. The quantitative estimate of drug-likeness (QED) is 0.0630. The van der Waals surface area contributed by atoms with E-state index < -0.39 is 10.8 Å². The molecule has 2 aliphatic carbocycles. The topological polar surface area (TPSA) is 72.6 Å². The molecule has 27 rings (SSSR count). The van der Waals surface area contributed by atoms with Gasteiger partial charge >= 0.3 is 0 Å². The number of hydrogen-bond acceptors (Lipinski definition) is 7. The lowest BCUT2D eigenvalue weighted by molar-refractivity contribution is 0.481. The molecule has 25 aromatic rings. The van der Waals surface area contributed by atoms with Crippen LogP contribution in [-0.4, -0.2) is 19.1 Å². The molecule has 9 heteroatoms. The molecule has 0 saturated carbocycles. The summed E-state index contributed by atoms with van der Waals surface area (Å²) >= 11 is 1.77. The molecule has 682 valence electrons. The lowest BCUT2D eigenvalue weighted by Crippen LogP contribution is -2.28. The van der Waals surface area contributed by atoms with E-state index in [0.717, 1.165) is 232 Å². The second-order valence-corrected chi connectivity index (χ2v) is 38.4. The summed E-state index contributed by atoms with van der Waals surface area (Å²) in [5.74, 6) is 5.74. The maximum absolute atomic E-state index is 6.70. The van der Waals surface area contributed by atoms with Crippen LogP contribution in [0.4, 0.5) is 0 Å². The fraction of sp³-hybridized carbons (Fsp3) is 0.0147. The van der Waals surface area contributed by atoms with Crippen molar-refractivity contribution in [3.05, 3.63) is 554 Å². The number of benzene rings is 21. The van der Waals surface area contributed by atoms with Crippen LogP contribution in [-0.2, 0) is 10.8 Å². The average Bonchev–Trinajstić information content (AvgIpc) is 1.54. The Morgan fingerprint density at radius 3 is 0.766 bits per heavy atom. The third-order valence-electron chi connectivity index (χ3n) is 29.6. The van der Waals surface area contributed by atoms with Gasteiger partial charge in [-0.3, -0.25) is 0 Å².